The van der Waals surface area contributed by atoms with Gasteiger partial charge in [-0.15, -0.1) is 11.3 Å². The van der Waals surface area contributed by atoms with Crippen LogP contribution in [-0.2, 0) is 4.74 Å². The van der Waals surface area contributed by atoms with Crippen molar-refractivity contribution in [3.63, 3.8) is 0 Å². The Morgan fingerprint density at radius 2 is 2.31 bits per heavy atom. The molecule has 1 heterocycles. The number of hydrogen-bond acceptors (Lipinski definition) is 4. The second-order valence-corrected chi connectivity index (χ2v) is 4.83. The first kappa shape index (κ1) is 13.2. The van der Waals surface area contributed by atoms with Crippen LogP contribution in [0.3, 0.4) is 0 Å². The van der Waals surface area contributed by atoms with Crippen LogP contribution in [0.4, 0.5) is 5.00 Å². The Bertz CT molecular complexity index is 325. The van der Waals surface area contributed by atoms with Gasteiger partial charge in [0.15, 0.2) is 6.29 Å². The van der Waals surface area contributed by atoms with Crippen molar-refractivity contribution in [1.82, 2.24) is 0 Å². The van der Waals surface area contributed by atoms with Gasteiger partial charge in [0.2, 0.25) is 0 Å². The maximum atomic E-state index is 10.7. The lowest BCUT2D eigenvalue weighted by molar-refractivity contribution is 0.112. The van der Waals surface area contributed by atoms with E-state index in [2.05, 4.69) is 18.7 Å². The summed E-state index contributed by atoms with van der Waals surface area (Å²) >= 11 is 1.54. The number of methoxy groups -OCH3 is 1. The third-order valence-electron chi connectivity index (χ3n) is 2.67. The van der Waals surface area contributed by atoms with E-state index in [-0.39, 0.29) is 0 Å². The van der Waals surface area contributed by atoms with Crippen LogP contribution in [0.2, 0.25) is 0 Å². The highest BCUT2D eigenvalue weighted by molar-refractivity contribution is 7.17. The summed E-state index contributed by atoms with van der Waals surface area (Å²) in [4.78, 5) is 13.7. The summed E-state index contributed by atoms with van der Waals surface area (Å²) in [6.45, 7) is 5.93. The number of rotatable bonds is 7. The molecule has 1 aromatic heterocycles. The molecule has 1 unspecified atom stereocenters. The van der Waals surface area contributed by atoms with E-state index < -0.39 is 0 Å². The van der Waals surface area contributed by atoms with E-state index in [9.17, 15) is 4.79 Å². The Balaban J connectivity index is 2.77. The minimum atomic E-state index is 0.466. The van der Waals surface area contributed by atoms with Crippen LogP contribution in [0.1, 0.15) is 29.9 Å². The third-order valence-corrected chi connectivity index (χ3v) is 3.72. The smallest absolute Gasteiger partial charge is 0.160 e. The zero-order valence-corrected chi connectivity index (χ0v) is 10.9. The summed E-state index contributed by atoms with van der Waals surface area (Å²) in [5.74, 6) is 0. The molecule has 0 spiro atoms. The zero-order chi connectivity index (χ0) is 12.0. The largest absolute Gasteiger partial charge is 0.383 e. The lowest BCUT2D eigenvalue weighted by Gasteiger charge is -2.28. The number of hydrogen-bond donors (Lipinski definition) is 0. The number of thiophene rings is 1. The molecule has 0 saturated carbocycles. The van der Waals surface area contributed by atoms with E-state index in [0.717, 1.165) is 29.1 Å². The number of carbonyl (C=O) groups is 1. The van der Waals surface area contributed by atoms with Crippen LogP contribution in [0.5, 0.6) is 0 Å². The minimum Gasteiger partial charge on any atom is -0.383 e. The molecular weight excluding hydrogens is 222 g/mol. The normalized spacial score (nSPS) is 12.4. The fraction of sp³-hybridized carbons (Fsp3) is 0.583. The fourth-order valence-electron chi connectivity index (χ4n) is 1.52. The molecule has 0 N–H and O–H groups in total. The van der Waals surface area contributed by atoms with Gasteiger partial charge in [-0.2, -0.15) is 0 Å². The molecular formula is C12H19NO2S. The van der Waals surface area contributed by atoms with Gasteiger partial charge >= 0.3 is 0 Å². The molecule has 0 amide bonds. The van der Waals surface area contributed by atoms with Crippen LogP contribution < -0.4 is 4.90 Å². The molecule has 3 nitrogen and oxygen atoms in total. The van der Waals surface area contributed by atoms with E-state index >= 15 is 0 Å². The van der Waals surface area contributed by atoms with Crippen LogP contribution in [0, 0.1) is 0 Å². The molecule has 0 radical (unpaired) electrons. The number of anilines is 1. The predicted molar refractivity (Wildman–Crippen MR) is 68.7 cm³/mol. The molecule has 1 aromatic rings. The van der Waals surface area contributed by atoms with Crippen LogP contribution >= 0.6 is 11.3 Å². The highest BCUT2D eigenvalue weighted by Crippen LogP contribution is 2.27. The van der Waals surface area contributed by atoms with Crippen LogP contribution in [0.25, 0.3) is 0 Å². The topological polar surface area (TPSA) is 29.5 Å². The Kier molecular flexibility index (Phi) is 5.49. The molecule has 0 bridgehead atoms. The van der Waals surface area contributed by atoms with Crippen molar-refractivity contribution < 1.29 is 9.53 Å². The second-order valence-electron chi connectivity index (χ2n) is 3.74. The van der Waals surface area contributed by atoms with Crippen molar-refractivity contribution in [1.29, 1.82) is 0 Å². The zero-order valence-electron chi connectivity index (χ0n) is 10.1. The summed E-state index contributed by atoms with van der Waals surface area (Å²) in [5, 5.41) is 1.15. The maximum Gasteiger partial charge on any atom is 0.160 e. The monoisotopic (exact) mass is 241 g/mol. The van der Waals surface area contributed by atoms with Crippen molar-refractivity contribution in [3.05, 3.63) is 17.0 Å². The molecule has 0 saturated heterocycles. The first-order valence-corrected chi connectivity index (χ1v) is 6.35. The molecule has 0 fully saturated rings. The van der Waals surface area contributed by atoms with Gasteiger partial charge in [0, 0.05) is 19.7 Å². The molecule has 90 valence electrons. The van der Waals surface area contributed by atoms with E-state index in [0.29, 0.717) is 12.6 Å². The van der Waals surface area contributed by atoms with Gasteiger partial charge in [-0.3, -0.25) is 4.79 Å². The Labute approximate surface area is 101 Å². The average molecular weight is 241 g/mol. The first-order valence-electron chi connectivity index (χ1n) is 5.53. The van der Waals surface area contributed by atoms with Gasteiger partial charge in [-0.1, -0.05) is 6.92 Å². The molecule has 1 rings (SSSR count). The number of nitrogens with zero attached hydrogens (tertiary/aromatic N) is 1. The van der Waals surface area contributed by atoms with Gasteiger partial charge in [-0.05, 0) is 25.5 Å². The molecule has 0 aromatic carbocycles. The van der Waals surface area contributed by atoms with Gasteiger partial charge < -0.3 is 9.64 Å². The van der Waals surface area contributed by atoms with Crippen LogP contribution in [0.15, 0.2) is 12.1 Å². The Morgan fingerprint density at radius 1 is 1.56 bits per heavy atom. The lowest BCUT2D eigenvalue weighted by atomic mass is 10.2. The summed E-state index contributed by atoms with van der Waals surface area (Å²) < 4.78 is 5.12. The number of carbonyl (C=O) groups excluding carboxylic acids is 1. The van der Waals surface area contributed by atoms with Crippen molar-refractivity contribution >= 4 is 22.6 Å². The summed E-state index contributed by atoms with van der Waals surface area (Å²) in [6.07, 6.45) is 1.98. The van der Waals surface area contributed by atoms with E-state index in [1.807, 2.05) is 12.1 Å². The second kappa shape index (κ2) is 6.66. The quantitative estimate of drug-likeness (QED) is 0.687. The average Bonchev–Trinajstić information content (AvgIpc) is 2.77. The van der Waals surface area contributed by atoms with Gasteiger partial charge in [0.05, 0.1) is 16.5 Å². The highest BCUT2D eigenvalue weighted by Gasteiger charge is 2.14. The molecule has 0 aliphatic carbocycles. The Morgan fingerprint density at radius 3 is 2.81 bits per heavy atom. The highest BCUT2D eigenvalue weighted by atomic mass is 32.1. The lowest BCUT2D eigenvalue weighted by Crippen LogP contribution is -2.34. The van der Waals surface area contributed by atoms with Crippen LogP contribution in [-0.4, -0.2) is 32.6 Å². The fourth-order valence-corrected chi connectivity index (χ4v) is 2.47. The number of aldehydes is 1. The first-order chi connectivity index (χ1) is 7.72. The van der Waals surface area contributed by atoms with Gasteiger partial charge in [-0.25, -0.2) is 0 Å². The summed E-state index contributed by atoms with van der Waals surface area (Å²) in [5.41, 5.74) is 0. The summed E-state index contributed by atoms with van der Waals surface area (Å²) in [7, 11) is 1.71. The van der Waals surface area contributed by atoms with Crippen molar-refractivity contribution in [2.24, 2.45) is 0 Å². The van der Waals surface area contributed by atoms with Crippen molar-refractivity contribution in [2.75, 3.05) is 25.2 Å². The molecule has 1 atom stereocenters. The minimum absolute atomic E-state index is 0.466. The molecule has 4 heteroatoms. The number of ether oxygens (including phenoxy) is 1. The van der Waals surface area contributed by atoms with Gasteiger partial charge in [0.25, 0.3) is 0 Å². The maximum absolute atomic E-state index is 10.7. The molecule has 0 aliphatic heterocycles. The Hall–Kier alpha value is -0.870. The molecule has 16 heavy (non-hydrogen) atoms. The van der Waals surface area contributed by atoms with E-state index in [4.69, 9.17) is 4.74 Å². The summed E-state index contributed by atoms with van der Waals surface area (Å²) in [6, 6.07) is 4.35. The van der Waals surface area contributed by atoms with Crippen molar-refractivity contribution in [3.8, 4) is 0 Å². The third kappa shape index (κ3) is 3.32. The van der Waals surface area contributed by atoms with Gasteiger partial charge in [0.1, 0.15) is 0 Å². The van der Waals surface area contributed by atoms with Crippen molar-refractivity contribution in [2.45, 2.75) is 26.3 Å². The van der Waals surface area contributed by atoms with E-state index in [1.54, 1.807) is 7.11 Å². The molecule has 0 aliphatic rings. The standard InChI is InChI=1S/C12H19NO2S/c1-4-10(2)13(7-8-15-3)12-6-5-11(9-14)16-12/h5-6,9-10H,4,7-8H2,1-3H3. The SMILES string of the molecule is CCC(C)N(CCOC)c1ccc(C=O)s1. The predicted octanol–water partition coefficient (Wildman–Crippen LogP) is 2.81. The van der Waals surface area contributed by atoms with E-state index in [1.165, 1.54) is 11.3 Å².